The third-order valence-corrected chi connectivity index (χ3v) is 3.72. The minimum absolute atomic E-state index is 0.0899. The number of hydrogen-bond donors (Lipinski definition) is 2. The molecular weight excluding hydrogens is 286 g/mol. The second kappa shape index (κ2) is 6.90. The van der Waals surface area contributed by atoms with Crippen molar-refractivity contribution in [3.63, 3.8) is 0 Å². The molecule has 2 rings (SSSR count). The van der Waals surface area contributed by atoms with Crippen LogP contribution in [0.15, 0.2) is 41.1 Å². The molecule has 2 amide bonds. The molecule has 4 N–H and O–H groups in total. The number of carbonyl (C=O) groups excluding carboxylic acids is 2. The maximum Gasteiger partial charge on any atom is 0.237 e. The predicted octanol–water partition coefficient (Wildman–Crippen LogP) is 1.39. The van der Waals surface area contributed by atoms with Gasteiger partial charge in [0.15, 0.2) is 0 Å². The zero-order valence-electron chi connectivity index (χ0n) is 11.5. The Morgan fingerprint density at radius 3 is 2.38 bits per heavy atom. The van der Waals surface area contributed by atoms with Crippen molar-refractivity contribution >= 4 is 28.8 Å². The molecule has 0 bridgehead atoms. The van der Waals surface area contributed by atoms with Crippen molar-refractivity contribution in [2.75, 3.05) is 12.3 Å². The third kappa shape index (κ3) is 4.61. The summed E-state index contributed by atoms with van der Waals surface area (Å²) in [6.45, 7) is 0.250. The Kier molecular flexibility index (Phi) is 4.94. The van der Waals surface area contributed by atoms with Crippen molar-refractivity contribution in [3.05, 3.63) is 52.2 Å². The summed E-state index contributed by atoms with van der Waals surface area (Å²) in [5, 5.41) is 3.84. The number of anilines is 1. The quantitative estimate of drug-likeness (QED) is 0.790. The number of rotatable bonds is 6. The van der Waals surface area contributed by atoms with Crippen LogP contribution >= 0.6 is 11.3 Å². The number of primary amides is 1. The summed E-state index contributed by atoms with van der Waals surface area (Å²) in [4.78, 5) is 25.0. The van der Waals surface area contributed by atoms with E-state index >= 15 is 0 Å². The van der Waals surface area contributed by atoms with Crippen LogP contribution in [0.25, 0.3) is 0 Å². The summed E-state index contributed by atoms with van der Waals surface area (Å²) in [6, 6.07) is 9.10. The van der Waals surface area contributed by atoms with Gasteiger partial charge in [-0.1, -0.05) is 12.1 Å². The lowest BCUT2D eigenvalue weighted by molar-refractivity contribution is -0.135. The summed E-state index contributed by atoms with van der Waals surface area (Å²) in [5.74, 6) is -0.645. The SMILES string of the molecule is NC(=O)CN(Cc1ccc(N)cc1)C(=O)Cc1ccsc1. The molecule has 0 fully saturated rings. The number of benzene rings is 1. The van der Waals surface area contributed by atoms with Gasteiger partial charge in [0.1, 0.15) is 0 Å². The highest BCUT2D eigenvalue weighted by atomic mass is 32.1. The van der Waals surface area contributed by atoms with E-state index in [-0.39, 0.29) is 18.9 Å². The van der Waals surface area contributed by atoms with Gasteiger partial charge in [0.05, 0.1) is 13.0 Å². The number of thiophene rings is 1. The van der Waals surface area contributed by atoms with Gasteiger partial charge in [-0.15, -0.1) is 0 Å². The molecule has 0 saturated carbocycles. The average molecular weight is 303 g/mol. The minimum Gasteiger partial charge on any atom is -0.399 e. The highest BCUT2D eigenvalue weighted by molar-refractivity contribution is 7.08. The molecule has 1 heterocycles. The topological polar surface area (TPSA) is 89.4 Å². The third-order valence-electron chi connectivity index (χ3n) is 2.99. The molecule has 5 nitrogen and oxygen atoms in total. The molecule has 0 unspecified atom stereocenters. The summed E-state index contributed by atoms with van der Waals surface area (Å²) < 4.78 is 0. The number of nitrogens with two attached hydrogens (primary N) is 2. The smallest absolute Gasteiger partial charge is 0.237 e. The van der Waals surface area contributed by atoms with E-state index in [1.165, 1.54) is 16.2 Å². The molecule has 2 aromatic rings. The van der Waals surface area contributed by atoms with Crippen LogP contribution in [0.4, 0.5) is 5.69 Å². The van der Waals surface area contributed by atoms with E-state index in [1.54, 1.807) is 12.1 Å². The van der Waals surface area contributed by atoms with E-state index in [4.69, 9.17) is 11.5 Å². The van der Waals surface area contributed by atoms with Crippen LogP contribution in [0.2, 0.25) is 0 Å². The Morgan fingerprint density at radius 2 is 1.81 bits per heavy atom. The van der Waals surface area contributed by atoms with E-state index in [9.17, 15) is 9.59 Å². The summed E-state index contributed by atoms with van der Waals surface area (Å²) in [6.07, 6.45) is 0.270. The van der Waals surface area contributed by atoms with Gasteiger partial charge in [-0.25, -0.2) is 0 Å². The number of amides is 2. The predicted molar refractivity (Wildman–Crippen MR) is 83.5 cm³/mol. The molecule has 0 radical (unpaired) electrons. The maximum absolute atomic E-state index is 12.3. The Labute approximate surface area is 127 Å². The molecule has 0 aliphatic rings. The lowest BCUT2D eigenvalue weighted by Gasteiger charge is -2.21. The summed E-state index contributed by atoms with van der Waals surface area (Å²) in [7, 11) is 0. The summed E-state index contributed by atoms with van der Waals surface area (Å²) >= 11 is 1.54. The largest absolute Gasteiger partial charge is 0.399 e. The van der Waals surface area contributed by atoms with Crippen molar-refractivity contribution in [1.29, 1.82) is 0 Å². The number of hydrogen-bond acceptors (Lipinski definition) is 4. The Balaban J connectivity index is 2.07. The fourth-order valence-corrected chi connectivity index (χ4v) is 2.61. The lowest BCUT2D eigenvalue weighted by atomic mass is 10.1. The molecule has 1 aromatic heterocycles. The normalized spacial score (nSPS) is 10.3. The minimum atomic E-state index is -0.524. The van der Waals surface area contributed by atoms with Crippen LogP contribution < -0.4 is 11.5 Å². The van der Waals surface area contributed by atoms with Crippen LogP contribution in [0, 0.1) is 0 Å². The van der Waals surface area contributed by atoms with E-state index < -0.39 is 5.91 Å². The van der Waals surface area contributed by atoms with Gasteiger partial charge in [0.2, 0.25) is 11.8 Å². The maximum atomic E-state index is 12.3. The fraction of sp³-hybridized carbons (Fsp3) is 0.200. The molecule has 110 valence electrons. The number of carbonyl (C=O) groups is 2. The van der Waals surface area contributed by atoms with Crippen molar-refractivity contribution < 1.29 is 9.59 Å². The van der Waals surface area contributed by atoms with E-state index in [0.717, 1.165) is 11.1 Å². The van der Waals surface area contributed by atoms with Gasteiger partial charge >= 0.3 is 0 Å². The van der Waals surface area contributed by atoms with Gasteiger partial charge in [0, 0.05) is 12.2 Å². The molecule has 0 aliphatic carbocycles. The van der Waals surface area contributed by atoms with Gasteiger partial charge < -0.3 is 16.4 Å². The van der Waals surface area contributed by atoms with Crippen molar-refractivity contribution in [2.45, 2.75) is 13.0 Å². The van der Waals surface area contributed by atoms with Crippen LogP contribution in [0.5, 0.6) is 0 Å². The second-order valence-corrected chi connectivity index (χ2v) is 5.55. The van der Waals surface area contributed by atoms with Crippen molar-refractivity contribution in [1.82, 2.24) is 4.90 Å². The lowest BCUT2D eigenvalue weighted by Crippen LogP contribution is -2.38. The first-order valence-corrected chi connectivity index (χ1v) is 7.40. The van der Waals surface area contributed by atoms with Gasteiger partial charge in [-0.2, -0.15) is 11.3 Å². The molecule has 0 aliphatic heterocycles. The molecule has 1 aromatic carbocycles. The molecule has 21 heavy (non-hydrogen) atoms. The van der Waals surface area contributed by atoms with Crippen LogP contribution in [0.3, 0.4) is 0 Å². The molecule has 0 atom stereocenters. The molecule has 0 saturated heterocycles. The zero-order valence-corrected chi connectivity index (χ0v) is 12.3. The van der Waals surface area contributed by atoms with Crippen LogP contribution in [-0.2, 0) is 22.6 Å². The van der Waals surface area contributed by atoms with Gasteiger partial charge in [-0.05, 0) is 40.1 Å². The monoisotopic (exact) mass is 303 g/mol. The first kappa shape index (κ1) is 15.1. The first-order valence-electron chi connectivity index (χ1n) is 6.46. The first-order chi connectivity index (χ1) is 10.0. The highest BCUT2D eigenvalue weighted by Gasteiger charge is 2.17. The number of nitrogen functional groups attached to an aromatic ring is 1. The number of nitrogens with zero attached hydrogens (tertiary/aromatic N) is 1. The fourth-order valence-electron chi connectivity index (χ4n) is 1.94. The Morgan fingerprint density at radius 1 is 1.10 bits per heavy atom. The van der Waals surface area contributed by atoms with E-state index in [2.05, 4.69) is 0 Å². The Bertz CT molecular complexity index is 608. The average Bonchev–Trinajstić information content (AvgIpc) is 2.93. The van der Waals surface area contributed by atoms with Gasteiger partial charge in [0.25, 0.3) is 0 Å². The molecular formula is C15H17N3O2S. The van der Waals surface area contributed by atoms with Crippen molar-refractivity contribution in [2.24, 2.45) is 5.73 Å². The van der Waals surface area contributed by atoms with Gasteiger partial charge in [-0.3, -0.25) is 9.59 Å². The molecule has 6 heteroatoms. The zero-order chi connectivity index (χ0) is 15.2. The van der Waals surface area contributed by atoms with Crippen molar-refractivity contribution in [3.8, 4) is 0 Å². The van der Waals surface area contributed by atoms with E-state index in [1.807, 2.05) is 29.0 Å². The highest BCUT2D eigenvalue weighted by Crippen LogP contribution is 2.12. The van der Waals surface area contributed by atoms with Crippen LogP contribution in [-0.4, -0.2) is 23.3 Å². The van der Waals surface area contributed by atoms with E-state index in [0.29, 0.717) is 12.2 Å². The Hall–Kier alpha value is -2.34. The second-order valence-electron chi connectivity index (χ2n) is 4.77. The molecule has 0 spiro atoms. The standard InChI is InChI=1S/C15H17N3O2S/c16-13-3-1-11(2-4-13)8-18(9-14(17)19)15(20)7-12-5-6-21-10-12/h1-6,10H,7-9,16H2,(H2,17,19). The summed E-state index contributed by atoms with van der Waals surface area (Å²) in [5.41, 5.74) is 13.4. The van der Waals surface area contributed by atoms with Crippen LogP contribution in [0.1, 0.15) is 11.1 Å².